The number of carboxylic acids is 1. The average molecular weight is 520 g/mol. The second-order valence-electron chi connectivity index (χ2n) is 9.68. The Balaban J connectivity index is 1.41. The number of rotatable bonds is 10. The van der Waals surface area contributed by atoms with E-state index in [0.717, 1.165) is 22.0 Å². The summed E-state index contributed by atoms with van der Waals surface area (Å²) in [5.74, 6) is -2.57. The maximum Gasteiger partial charge on any atom is 0.326 e. The summed E-state index contributed by atoms with van der Waals surface area (Å²) < 4.78 is 0. The molecule has 1 aliphatic rings. The lowest BCUT2D eigenvalue weighted by molar-refractivity contribution is -0.149. The van der Waals surface area contributed by atoms with E-state index in [2.05, 4.69) is 15.6 Å². The summed E-state index contributed by atoms with van der Waals surface area (Å²) in [6, 6.07) is 13.1. The maximum absolute atomic E-state index is 13.4. The van der Waals surface area contributed by atoms with Gasteiger partial charge in [0.1, 0.15) is 18.1 Å². The minimum atomic E-state index is -1.06. The van der Waals surface area contributed by atoms with Gasteiger partial charge in [0.2, 0.25) is 17.7 Å². The zero-order valence-corrected chi connectivity index (χ0v) is 21.2. The molecule has 10 nitrogen and oxygen atoms in total. The molecular formula is C28H33N5O5. The van der Waals surface area contributed by atoms with Crippen LogP contribution in [0.1, 0.15) is 30.9 Å². The molecule has 2 aromatic carbocycles. The van der Waals surface area contributed by atoms with Gasteiger partial charge in [0.25, 0.3) is 0 Å². The first kappa shape index (κ1) is 26.9. The number of hydrogen-bond donors (Lipinski definition) is 5. The number of fused-ring (bicyclic) bond motifs is 1. The van der Waals surface area contributed by atoms with E-state index >= 15 is 0 Å². The summed E-state index contributed by atoms with van der Waals surface area (Å²) in [6.07, 6.45) is 3.24. The van der Waals surface area contributed by atoms with Gasteiger partial charge in [-0.2, -0.15) is 0 Å². The highest BCUT2D eigenvalue weighted by molar-refractivity contribution is 5.94. The normalized spacial score (nSPS) is 17.5. The third-order valence-electron chi connectivity index (χ3n) is 6.92. The van der Waals surface area contributed by atoms with Crippen molar-refractivity contribution in [3.05, 3.63) is 71.9 Å². The predicted molar refractivity (Wildman–Crippen MR) is 142 cm³/mol. The molecular weight excluding hydrogens is 486 g/mol. The van der Waals surface area contributed by atoms with Crippen LogP contribution in [-0.2, 0) is 32.0 Å². The SMILES string of the molecule is C[C@H](NC(=O)[C@@H](N)Cc1c[nH]c2ccccc12)C(=O)N[C@@H](Cc1ccccc1)C(=O)N1CCC[C@@H]1C(=O)O. The van der Waals surface area contributed by atoms with Crippen LogP contribution in [0.3, 0.4) is 0 Å². The molecule has 1 fully saturated rings. The number of benzene rings is 2. The Bertz CT molecular complexity index is 1310. The van der Waals surface area contributed by atoms with Crippen molar-refractivity contribution in [3.8, 4) is 0 Å². The van der Waals surface area contributed by atoms with E-state index in [1.165, 1.54) is 11.8 Å². The number of aromatic nitrogens is 1. The second kappa shape index (κ2) is 11.9. The van der Waals surface area contributed by atoms with Gasteiger partial charge in [0.05, 0.1) is 6.04 Å². The van der Waals surface area contributed by atoms with E-state index in [4.69, 9.17) is 5.73 Å². The summed E-state index contributed by atoms with van der Waals surface area (Å²) >= 11 is 0. The molecule has 0 radical (unpaired) electrons. The highest BCUT2D eigenvalue weighted by Crippen LogP contribution is 2.20. The summed E-state index contributed by atoms with van der Waals surface area (Å²) in [6.45, 7) is 1.83. The van der Waals surface area contributed by atoms with Crippen molar-refractivity contribution in [1.82, 2.24) is 20.5 Å². The van der Waals surface area contributed by atoms with Gasteiger partial charge >= 0.3 is 5.97 Å². The number of nitrogens with two attached hydrogens (primary N) is 1. The molecule has 3 amide bonds. The quantitative estimate of drug-likeness (QED) is 0.272. The molecule has 0 unspecified atom stereocenters. The average Bonchev–Trinajstić information content (AvgIpc) is 3.56. The van der Waals surface area contributed by atoms with Gasteiger partial charge in [0.15, 0.2) is 0 Å². The lowest BCUT2D eigenvalue weighted by Gasteiger charge is -2.28. The molecule has 38 heavy (non-hydrogen) atoms. The van der Waals surface area contributed by atoms with Crippen molar-refractivity contribution >= 4 is 34.6 Å². The first-order valence-electron chi connectivity index (χ1n) is 12.7. The molecule has 1 aliphatic heterocycles. The first-order valence-corrected chi connectivity index (χ1v) is 12.7. The molecule has 0 saturated carbocycles. The smallest absolute Gasteiger partial charge is 0.326 e. The zero-order chi connectivity index (χ0) is 27.2. The Hall–Kier alpha value is -4.18. The second-order valence-corrected chi connectivity index (χ2v) is 9.68. The van der Waals surface area contributed by atoms with Crippen LogP contribution in [-0.4, -0.2) is 69.4 Å². The molecule has 0 aliphatic carbocycles. The molecule has 0 spiro atoms. The van der Waals surface area contributed by atoms with E-state index in [1.54, 1.807) is 0 Å². The Morgan fingerprint density at radius 1 is 1.03 bits per heavy atom. The first-order chi connectivity index (χ1) is 18.2. The van der Waals surface area contributed by atoms with Crippen LogP contribution in [0.25, 0.3) is 10.9 Å². The van der Waals surface area contributed by atoms with Gasteiger partial charge in [-0.3, -0.25) is 14.4 Å². The van der Waals surface area contributed by atoms with Crippen LogP contribution in [0.5, 0.6) is 0 Å². The van der Waals surface area contributed by atoms with Gasteiger partial charge < -0.3 is 31.4 Å². The number of likely N-dealkylation sites (tertiary alicyclic amines) is 1. The van der Waals surface area contributed by atoms with Gasteiger partial charge in [-0.05, 0) is 43.4 Å². The molecule has 0 bridgehead atoms. The van der Waals surface area contributed by atoms with Crippen molar-refractivity contribution < 1.29 is 24.3 Å². The Morgan fingerprint density at radius 2 is 1.74 bits per heavy atom. The highest BCUT2D eigenvalue weighted by atomic mass is 16.4. The molecule has 6 N–H and O–H groups in total. The lowest BCUT2D eigenvalue weighted by Crippen LogP contribution is -2.57. The number of amides is 3. The third-order valence-corrected chi connectivity index (χ3v) is 6.92. The predicted octanol–water partition coefficient (Wildman–Crippen LogP) is 1.35. The monoisotopic (exact) mass is 519 g/mol. The van der Waals surface area contributed by atoms with Gasteiger partial charge in [-0.25, -0.2) is 4.79 Å². The van der Waals surface area contributed by atoms with Crippen LogP contribution >= 0.6 is 0 Å². The van der Waals surface area contributed by atoms with Gasteiger partial charge in [0, 0.05) is 30.1 Å². The number of nitrogens with one attached hydrogen (secondary N) is 3. The van der Waals surface area contributed by atoms with Crippen LogP contribution in [0.15, 0.2) is 60.8 Å². The topological polar surface area (TPSA) is 158 Å². The van der Waals surface area contributed by atoms with E-state index in [9.17, 15) is 24.3 Å². The number of carbonyl (C=O) groups excluding carboxylic acids is 3. The highest BCUT2D eigenvalue weighted by Gasteiger charge is 2.38. The fourth-order valence-electron chi connectivity index (χ4n) is 4.85. The fraction of sp³-hybridized carbons (Fsp3) is 0.357. The summed E-state index contributed by atoms with van der Waals surface area (Å²) in [7, 11) is 0. The van der Waals surface area contributed by atoms with Crippen LogP contribution in [0, 0.1) is 0 Å². The number of H-pyrrole nitrogens is 1. The number of hydrogen-bond acceptors (Lipinski definition) is 5. The van der Waals surface area contributed by atoms with Crippen LogP contribution in [0.2, 0.25) is 0 Å². The van der Waals surface area contributed by atoms with Crippen LogP contribution < -0.4 is 16.4 Å². The van der Waals surface area contributed by atoms with Crippen LogP contribution in [0.4, 0.5) is 0 Å². The Morgan fingerprint density at radius 3 is 2.47 bits per heavy atom. The standard InChI is InChI=1S/C28H33N5O5/c1-17(31-26(35)21(29)15-19-16-30-22-11-6-5-10-20(19)22)25(34)32-23(14-18-8-3-2-4-9-18)27(36)33-13-7-12-24(33)28(37)38/h2-6,8-11,16-17,21,23-24,30H,7,12-15,29H2,1H3,(H,31,35)(H,32,34)(H,37,38)/t17-,21-,23-,24+/m0/s1. The van der Waals surface area contributed by atoms with Crippen molar-refractivity contribution in [2.24, 2.45) is 5.73 Å². The zero-order valence-electron chi connectivity index (χ0n) is 21.2. The molecule has 200 valence electrons. The molecule has 4 rings (SSSR count). The van der Waals surface area contributed by atoms with E-state index in [0.29, 0.717) is 19.4 Å². The van der Waals surface area contributed by atoms with Gasteiger partial charge in [-0.1, -0.05) is 48.5 Å². The Labute approximate surface area is 220 Å². The molecule has 3 aromatic rings. The van der Waals surface area contributed by atoms with E-state index in [-0.39, 0.29) is 12.8 Å². The number of aliphatic carboxylic acids is 1. The number of carboxylic acid groups (broad SMARTS) is 1. The Kier molecular flexibility index (Phi) is 8.42. The minimum absolute atomic E-state index is 0.189. The van der Waals surface area contributed by atoms with E-state index < -0.39 is 47.9 Å². The molecule has 10 heteroatoms. The fourth-order valence-corrected chi connectivity index (χ4v) is 4.85. The van der Waals surface area contributed by atoms with Crippen molar-refractivity contribution in [2.75, 3.05) is 6.54 Å². The molecule has 1 saturated heterocycles. The molecule has 1 aromatic heterocycles. The van der Waals surface area contributed by atoms with Crippen molar-refractivity contribution in [1.29, 1.82) is 0 Å². The molecule has 4 atom stereocenters. The summed E-state index contributed by atoms with van der Waals surface area (Å²) in [5.41, 5.74) is 8.81. The number of nitrogens with zero attached hydrogens (tertiary/aromatic N) is 1. The van der Waals surface area contributed by atoms with Crippen molar-refractivity contribution in [2.45, 2.75) is 56.8 Å². The minimum Gasteiger partial charge on any atom is -0.480 e. The maximum atomic E-state index is 13.4. The molecule has 2 heterocycles. The number of carbonyl (C=O) groups is 4. The lowest BCUT2D eigenvalue weighted by atomic mass is 10.0. The van der Waals surface area contributed by atoms with E-state index in [1.807, 2.05) is 60.8 Å². The largest absolute Gasteiger partial charge is 0.480 e. The summed E-state index contributed by atoms with van der Waals surface area (Å²) in [4.78, 5) is 55.4. The third kappa shape index (κ3) is 6.20. The number of aromatic amines is 1. The number of para-hydroxylation sites is 1. The van der Waals surface area contributed by atoms with Crippen molar-refractivity contribution in [3.63, 3.8) is 0 Å². The summed E-state index contributed by atoms with van der Waals surface area (Å²) in [5, 5.41) is 15.9. The van der Waals surface area contributed by atoms with Gasteiger partial charge in [-0.15, -0.1) is 0 Å².